The van der Waals surface area contributed by atoms with E-state index in [1.165, 1.54) is 0 Å². The largest absolute Gasteiger partial charge is 0.481 e. The molecule has 0 aromatic carbocycles. The van der Waals surface area contributed by atoms with Gasteiger partial charge in [0.2, 0.25) is 5.91 Å². The topological polar surface area (TPSA) is 66.4 Å². The molecule has 0 bridgehead atoms. The predicted molar refractivity (Wildman–Crippen MR) is 63.4 cm³/mol. The Morgan fingerprint density at radius 2 is 1.82 bits per heavy atom. The van der Waals surface area contributed by atoms with Crippen LogP contribution in [0, 0.1) is 17.8 Å². The Labute approximate surface area is 102 Å². The second-order valence-corrected chi connectivity index (χ2v) is 6.03. The van der Waals surface area contributed by atoms with E-state index in [1.807, 2.05) is 13.8 Å². The number of carbonyl (C=O) groups is 2. The first kappa shape index (κ1) is 12.4. The van der Waals surface area contributed by atoms with E-state index in [-0.39, 0.29) is 17.4 Å². The molecule has 2 rings (SSSR count). The number of aliphatic carboxylic acids is 1. The minimum atomic E-state index is -0.826. The monoisotopic (exact) mass is 239 g/mol. The first-order valence-corrected chi connectivity index (χ1v) is 6.46. The van der Waals surface area contributed by atoms with Gasteiger partial charge < -0.3 is 10.4 Å². The van der Waals surface area contributed by atoms with Gasteiger partial charge in [-0.1, -0.05) is 6.92 Å². The van der Waals surface area contributed by atoms with Crippen LogP contribution in [0.5, 0.6) is 0 Å². The average molecular weight is 239 g/mol. The molecule has 17 heavy (non-hydrogen) atoms. The summed E-state index contributed by atoms with van der Waals surface area (Å²) in [6, 6.07) is 0. The molecule has 0 spiro atoms. The summed E-state index contributed by atoms with van der Waals surface area (Å²) in [5.41, 5.74) is -0.0774. The van der Waals surface area contributed by atoms with Crippen LogP contribution in [0.3, 0.4) is 0 Å². The second-order valence-electron chi connectivity index (χ2n) is 6.03. The van der Waals surface area contributed by atoms with E-state index in [0.29, 0.717) is 18.8 Å². The number of carboxylic acids is 1. The van der Waals surface area contributed by atoms with Crippen molar-refractivity contribution in [3.63, 3.8) is 0 Å². The smallest absolute Gasteiger partial charge is 0.307 e. The highest BCUT2D eigenvalue weighted by molar-refractivity contribution is 5.85. The Morgan fingerprint density at radius 3 is 2.29 bits per heavy atom. The fourth-order valence-corrected chi connectivity index (χ4v) is 3.08. The highest BCUT2D eigenvalue weighted by Gasteiger charge is 2.43. The van der Waals surface area contributed by atoms with Gasteiger partial charge in [0.1, 0.15) is 0 Å². The lowest BCUT2D eigenvalue weighted by Gasteiger charge is -2.40. The molecule has 4 nitrogen and oxygen atoms in total. The van der Waals surface area contributed by atoms with Crippen LogP contribution in [0.2, 0.25) is 0 Å². The third-order valence-electron chi connectivity index (χ3n) is 4.33. The Balaban J connectivity index is 2.00. The third-order valence-corrected chi connectivity index (χ3v) is 4.33. The molecule has 4 heteroatoms. The summed E-state index contributed by atoms with van der Waals surface area (Å²) in [5, 5.41) is 12.2. The van der Waals surface area contributed by atoms with Crippen molar-refractivity contribution in [3.8, 4) is 0 Å². The van der Waals surface area contributed by atoms with Crippen LogP contribution in [0.25, 0.3) is 0 Å². The van der Waals surface area contributed by atoms with Crippen LogP contribution in [-0.2, 0) is 9.59 Å². The van der Waals surface area contributed by atoms with Crippen LogP contribution in [0.1, 0.15) is 46.0 Å². The maximum atomic E-state index is 12.1. The van der Waals surface area contributed by atoms with Gasteiger partial charge in [0, 0.05) is 5.54 Å². The molecule has 2 N–H and O–H groups in total. The van der Waals surface area contributed by atoms with Crippen molar-refractivity contribution in [1.82, 2.24) is 5.32 Å². The van der Waals surface area contributed by atoms with Gasteiger partial charge in [0.25, 0.3) is 0 Å². The molecule has 96 valence electrons. The Morgan fingerprint density at radius 1 is 1.24 bits per heavy atom. The van der Waals surface area contributed by atoms with Crippen LogP contribution >= 0.6 is 0 Å². The molecule has 0 saturated heterocycles. The van der Waals surface area contributed by atoms with E-state index in [4.69, 9.17) is 5.11 Å². The SMILES string of the molecule is CC1C[C@H](C(=O)NC2(C)CCC2)[C@H](C(=O)O)C1. The van der Waals surface area contributed by atoms with Crippen LogP contribution in [0.4, 0.5) is 0 Å². The van der Waals surface area contributed by atoms with Crippen molar-refractivity contribution < 1.29 is 14.7 Å². The van der Waals surface area contributed by atoms with Crippen LogP contribution in [-0.4, -0.2) is 22.5 Å². The average Bonchev–Trinajstić information content (AvgIpc) is 2.58. The van der Waals surface area contributed by atoms with Gasteiger partial charge in [0.15, 0.2) is 0 Å². The fourth-order valence-electron chi connectivity index (χ4n) is 3.08. The molecule has 2 fully saturated rings. The number of carbonyl (C=O) groups excluding carboxylic acids is 1. The van der Waals surface area contributed by atoms with E-state index < -0.39 is 11.9 Å². The summed E-state index contributed by atoms with van der Waals surface area (Å²) in [6.07, 6.45) is 4.51. The van der Waals surface area contributed by atoms with E-state index in [2.05, 4.69) is 5.32 Å². The second kappa shape index (κ2) is 4.31. The van der Waals surface area contributed by atoms with Gasteiger partial charge in [0.05, 0.1) is 11.8 Å². The zero-order valence-corrected chi connectivity index (χ0v) is 10.5. The molecule has 2 aliphatic carbocycles. The molecule has 1 unspecified atom stereocenters. The molecule has 0 aliphatic heterocycles. The van der Waals surface area contributed by atoms with Gasteiger partial charge in [-0.15, -0.1) is 0 Å². The summed E-state index contributed by atoms with van der Waals surface area (Å²) >= 11 is 0. The van der Waals surface area contributed by atoms with Crippen molar-refractivity contribution >= 4 is 11.9 Å². The normalized spacial score (nSPS) is 35.1. The van der Waals surface area contributed by atoms with Crippen molar-refractivity contribution in [3.05, 3.63) is 0 Å². The number of rotatable bonds is 3. The third kappa shape index (κ3) is 2.45. The highest BCUT2D eigenvalue weighted by atomic mass is 16.4. The lowest BCUT2D eigenvalue weighted by atomic mass is 9.78. The summed E-state index contributed by atoms with van der Waals surface area (Å²) in [6.45, 7) is 4.07. The van der Waals surface area contributed by atoms with Gasteiger partial charge in [-0.2, -0.15) is 0 Å². The number of hydrogen-bond donors (Lipinski definition) is 2. The standard InChI is InChI=1S/C13H21NO3/c1-8-6-9(10(7-8)12(16)17)11(15)14-13(2)4-3-5-13/h8-10H,3-7H2,1-2H3,(H,14,15)(H,16,17)/t8?,9-,10+/m0/s1. The van der Waals surface area contributed by atoms with Gasteiger partial charge in [-0.3, -0.25) is 9.59 Å². The summed E-state index contributed by atoms with van der Waals surface area (Å²) in [4.78, 5) is 23.3. The first-order valence-electron chi connectivity index (χ1n) is 6.46. The summed E-state index contributed by atoms with van der Waals surface area (Å²) < 4.78 is 0. The first-order chi connectivity index (χ1) is 7.91. The number of amides is 1. The predicted octanol–water partition coefficient (Wildman–Crippen LogP) is 1.79. The zero-order valence-electron chi connectivity index (χ0n) is 10.5. The summed E-state index contributed by atoms with van der Waals surface area (Å²) in [5.74, 6) is -1.37. The van der Waals surface area contributed by atoms with E-state index >= 15 is 0 Å². The van der Waals surface area contributed by atoms with E-state index in [9.17, 15) is 9.59 Å². The molecule has 3 atom stereocenters. The molecule has 2 saturated carbocycles. The Bertz CT molecular complexity index is 336. The van der Waals surface area contributed by atoms with Crippen molar-refractivity contribution in [1.29, 1.82) is 0 Å². The lowest BCUT2D eigenvalue weighted by Crippen LogP contribution is -2.53. The fraction of sp³-hybridized carbons (Fsp3) is 0.846. The maximum Gasteiger partial charge on any atom is 0.307 e. The Kier molecular flexibility index (Phi) is 3.15. The van der Waals surface area contributed by atoms with E-state index in [0.717, 1.165) is 19.3 Å². The lowest BCUT2D eigenvalue weighted by molar-refractivity contribution is -0.146. The minimum Gasteiger partial charge on any atom is -0.481 e. The molecule has 0 heterocycles. The molecular formula is C13H21NO3. The van der Waals surface area contributed by atoms with Crippen LogP contribution < -0.4 is 5.32 Å². The molecule has 0 aromatic heterocycles. The van der Waals surface area contributed by atoms with E-state index in [1.54, 1.807) is 0 Å². The van der Waals surface area contributed by atoms with Crippen molar-refractivity contribution in [2.75, 3.05) is 0 Å². The molecule has 0 aromatic rings. The molecular weight excluding hydrogens is 218 g/mol. The van der Waals surface area contributed by atoms with Gasteiger partial charge in [-0.05, 0) is 44.9 Å². The molecule has 0 radical (unpaired) electrons. The van der Waals surface area contributed by atoms with Crippen molar-refractivity contribution in [2.24, 2.45) is 17.8 Å². The Hall–Kier alpha value is -1.06. The van der Waals surface area contributed by atoms with Gasteiger partial charge in [-0.25, -0.2) is 0 Å². The minimum absolute atomic E-state index is 0.0519. The quantitative estimate of drug-likeness (QED) is 0.789. The maximum absolute atomic E-state index is 12.1. The summed E-state index contributed by atoms with van der Waals surface area (Å²) in [7, 11) is 0. The number of carboxylic acid groups (broad SMARTS) is 1. The van der Waals surface area contributed by atoms with Gasteiger partial charge >= 0.3 is 5.97 Å². The highest BCUT2D eigenvalue weighted by Crippen LogP contribution is 2.38. The van der Waals surface area contributed by atoms with Crippen molar-refractivity contribution in [2.45, 2.75) is 51.5 Å². The number of hydrogen-bond acceptors (Lipinski definition) is 2. The number of nitrogens with one attached hydrogen (secondary N) is 1. The molecule has 2 aliphatic rings. The van der Waals surface area contributed by atoms with Crippen LogP contribution in [0.15, 0.2) is 0 Å². The molecule has 1 amide bonds. The zero-order chi connectivity index (χ0) is 12.6.